The lowest BCUT2D eigenvalue weighted by Crippen LogP contribution is -2.44. The average molecular weight is 300 g/mol. The van der Waals surface area contributed by atoms with Gasteiger partial charge in [-0.25, -0.2) is 0 Å². The topological polar surface area (TPSA) is 70.5 Å². The predicted molar refractivity (Wildman–Crippen MR) is 79.2 cm³/mol. The molecule has 2 rings (SSSR count). The van der Waals surface area contributed by atoms with E-state index in [2.05, 4.69) is 25.9 Å². The van der Waals surface area contributed by atoms with Crippen molar-refractivity contribution in [3.8, 4) is 5.88 Å². The highest BCUT2D eigenvalue weighted by Gasteiger charge is 2.14. The smallest absolute Gasteiger partial charge is 0.245 e. The minimum Gasteiger partial charge on any atom is -0.473 e. The molecule has 0 saturated carbocycles. The zero-order valence-corrected chi connectivity index (χ0v) is 12.8. The predicted octanol–water partition coefficient (Wildman–Crippen LogP) is 0.742. The molecule has 2 unspecified atom stereocenters. The number of piperidine rings is 1. The molecular formula is C13H24N4O2S. The highest BCUT2D eigenvalue weighted by atomic mass is 32.1. The van der Waals surface area contributed by atoms with Crippen LogP contribution in [0.1, 0.15) is 26.2 Å². The molecule has 0 spiro atoms. The molecule has 1 aliphatic heterocycles. The molecule has 0 radical (unpaired) electrons. The maximum Gasteiger partial charge on any atom is 0.245 e. The number of nitrogens with one attached hydrogen (secondary N) is 1. The van der Waals surface area contributed by atoms with E-state index < -0.39 is 6.10 Å². The normalized spacial score (nSPS) is 19.7. The van der Waals surface area contributed by atoms with Crippen LogP contribution in [-0.2, 0) is 0 Å². The van der Waals surface area contributed by atoms with Crippen LogP contribution in [-0.4, -0.2) is 63.7 Å². The molecule has 1 saturated heterocycles. The van der Waals surface area contributed by atoms with Crippen LogP contribution in [0.2, 0.25) is 0 Å². The molecule has 0 amide bonds. The fourth-order valence-electron chi connectivity index (χ4n) is 2.39. The van der Waals surface area contributed by atoms with E-state index in [4.69, 9.17) is 4.74 Å². The summed E-state index contributed by atoms with van der Waals surface area (Å²) in [4.78, 5) is 2.49. The fraction of sp³-hybridized carbons (Fsp3) is 0.846. The summed E-state index contributed by atoms with van der Waals surface area (Å²) < 4.78 is 13.1. The van der Waals surface area contributed by atoms with Crippen LogP contribution >= 0.6 is 11.7 Å². The number of nitrogens with zero attached hydrogens (tertiary/aromatic N) is 3. The molecular weight excluding hydrogens is 276 g/mol. The van der Waals surface area contributed by atoms with Gasteiger partial charge in [-0.2, -0.15) is 4.37 Å². The van der Waals surface area contributed by atoms with Crippen molar-refractivity contribution >= 4 is 11.7 Å². The molecule has 2 atom stereocenters. The van der Waals surface area contributed by atoms with Gasteiger partial charge in [0.1, 0.15) is 18.9 Å². The minimum atomic E-state index is -0.527. The Morgan fingerprint density at radius 2 is 2.25 bits per heavy atom. The van der Waals surface area contributed by atoms with Gasteiger partial charge < -0.3 is 20.1 Å². The van der Waals surface area contributed by atoms with E-state index >= 15 is 0 Å². The van der Waals surface area contributed by atoms with Gasteiger partial charge in [0.15, 0.2) is 0 Å². The Kier molecular flexibility index (Phi) is 6.65. The zero-order chi connectivity index (χ0) is 14.2. The summed E-state index contributed by atoms with van der Waals surface area (Å²) in [6, 6.07) is 0.378. The monoisotopic (exact) mass is 300 g/mol. The van der Waals surface area contributed by atoms with E-state index in [-0.39, 0.29) is 6.61 Å². The number of hydrogen-bond donors (Lipinski definition) is 2. The highest BCUT2D eigenvalue weighted by molar-refractivity contribution is 6.99. The summed E-state index contributed by atoms with van der Waals surface area (Å²) in [6.07, 6.45) is 5.01. The number of hydrogen-bond acceptors (Lipinski definition) is 7. The Bertz CT molecular complexity index is 357. The van der Waals surface area contributed by atoms with E-state index in [1.807, 2.05) is 0 Å². The number of aliphatic hydroxyl groups excluding tert-OH is 1. The van der Waals surface area contributed by atoms with Crippen molar-refractivity contribution in [1.29, 1.82) is 0 Å². The molecule has 0 aliphatic carbocycles. The Labute approximate surface area is 124 Å². The van der Waals surface area contributed by atoms with Gasteiger partial charge in [0.25, 0.3) is 0 Å². The van der Waals surface area contributed by atoms with E-state index in [1.54, 1.807) is 6.20 Å². The first-order valence-corrected chi connectivity index (χ1v) is 8.01. The molecule has 0 aromatic carbocycles. The van der Waals surface area contributed by atoms with Crippen LogP contribution in [0.3, 0.4) is 0 Å². The van der Waals surface area contributed by atoms with Crippen LogP contribution in [0.25, 0.3) is 0 Å². The van der Waals surface area contributed by atoms with E-state index in [0.29, 0.717) is 18.5 Å². The molecule has 1 fully saturated rings. The first-order valence-electron chi connectivity index (χ1n) is 7.28. The Hall–Kier alpha value is -0.760. The first-order chi connectivity index (χ1) is 9.74. The van der Waals surface area contributed by atoms with Gasteiger partial charge >= 0.3 is 0 Å². The standard InChI is InChI=1S/C13H24N4O2S/c1-11(9-17-5-3-2-4-6-17)14-7-12(18)10-19-13-8-15-20-16-13/h8,11-12,14,18H,2-7,9-10H2,1H3. The van der Waals surface area contributed by atoms with Crippen molar-refractivity contribution < 1.29 is 9.84 Å². The van der Waals surface area contributed by atoms with Crippen molar-refractivity contribution in [1.82, 2.24) is 19.0 Å². The van der Waals surface area contributed by atoms with Crippen LogP contribution in [0.5, 0.6) is 5.88 Å². The number of rotatable bonds is 8. The summed E-state index contributed by atoms with van der Waals surface area (Å²) in [7, 11) is 0. The van der Waals surface area contributed by atoms with Gasteiger partial charge in [0.05, 0.1) is 11.7 Å². The molecule has 6 nitrogen and oxygen atoms in total. The van der Waals surface area contributed by atoms with Crippen molar-refractivity contribution in [2.75, 3.05) is 32.8 Å². The molecule has 1 aromatic rings. The summed E-state index contributed by atoms with van der Waals surface area (Å²) in [6.45, 7) is 6.39. The molecule has 20 heavy (non-hydrogen) atoms. The van der Waals surface area contributed by atoms with Gasteiger partial charge in [-0.05, 0) is 32.9 Å². The fourth-order valence-corrected chi connectivity index (χ4v) is 2.76. The lowest BCUT2D eigenvalue weighted by atomic mass is 10.1. The molecule has 114 valence electrons. The lowest BCUT2D eigenvalue weighted by Gasteiger charge is -2.29. The second kappa shape index (κ2) is 8.51. The largest absolute Gasteiger partial charge is 0.473 e. The Morgan fingerprint density at radius 1 is 1.45 bits per heavy atom. The lowest BCUT2D eigenvalue weighted by molar-refractivity contribution is 0.0993. The van der Waals surface area contributed by atoms with Gasteiger partial charge in [0.2, 0.25) is 5.88 Å². The third-order valence-corrected chi connectivity index (χ3v) is 3.91. The Morgan fingerprint density at radius 3 is 2.95 bits per heavy atom. The highest BCUT2D eigenvalue weighted by Crippen LogP contribution is 2.09. The van der Waals surface area contributed by atoms with E-state index in [9.17, 15) is 5.11 Å². The van der Waals surface area contributed by atoms with Crippen molar-refractivity contribution in [2.45, 2.75) is 38.3 Å². The second-order valence-electron chi connectivity index (χ2n) is 5.38. The van der Waals surface area contributed by atoms with E-state index in [1.165, 1.54) is 32.4 Å². The molecule has 7 heteroatoms. The molecule has 1 aromatic heterocycles. The molecule has 2 heterocycles. The van der Waals surface area contributed by atoms with Crippen LogP contribution < -0.4 is 10.1 Å². The summed E-state index contributed by atoms with van der Waals surface area (Å²) in [5, 5.41) is 13.2. The number of aromatic nitrogens is 2. The molecule has 2 N–H and O–H groups in total. The van der Waals surface area contributed by atoms with Gasteiger partial charge in [-0.1, -0.05) is 6.42 Å². The number of likely N-dealkylation sites (tertiary alicyclic amines) is 1. The maximum absolute atomic E-state index is 9.86. The van der Waals surface area contributed by atoms with Gasteiger partial charge in [0, 0.05) is 19.1 Å². The summed E-state index contributed by atoms with van der Waals surface area (Å²) in [5.41, 5.74) is 0. The van der Waals surface area contributed by atoms with Gasteiger partial charge in [-0.3, -0.25) is 0 Å². The SMILES string of the molecule is CC(CN1CCCCC1)NCC(O)COc1cnsn1. The number of ether oxygens (including phenoxy) is 1. The molecule has 1 aliphatic rings. The third kappa shape index (κ3) is 5.70. The average Bonchev–Trinajstić information content (AvgIpc) is 2.97. The maximum atomic E-state index is 9.86. The third-order valence-electron chi connectivity index (χ3n) is 3.45. The first kappa shape index (κ1) is 15.6. The minimum absolute atomic E-state index is 0.245. The van der Waals surface area contributed by atoms with Crippen molar-refractivity contribution in [3.05, 3.63) is 6.20 Å². The summed E-state index contributed by atoms with van der Waals surface area (Å²) >= 11 is 1.10. The number of aliphatic hydroxyl groups is 1. The molecule has 0 bridgehead atoms. The van der Waals surface area contributed by atoms with E-state index in [0.717, 1.165) is 18.3 Å². The summed E-state index contributed by atoms with van der Waals surface area (Å²) in [5.74, 6) is 0.482. The Balaban J connectivity index is 1.56. The zero-order valence-electron chi connectivity index (χ0n) is 12.0. The van der Waals surface area contributed by atoms with Crippen LogP contribution in [0, 0.1) is 0 Å². The quantitative estimate of drug-likeness (QED) is 0.738. The van der Waals surface area contributed by atoms with Crippen LogP contribution in [0.15, 0.2) is 6.20 Å². The van der Waals surface area contributed by atoms with Crippen LogP contribution in [0.4, 0.5) is 0 Å². The second-order valence-corrected chi connectivity index (χ2v) is 5.94. The van der Waals surface area contributed by atoms with Crippen molar-refractivity contribution in [2.24, 2.45) is 0 Å². The van der Waals surface area contributed by atoms with Gasteiger partial charge in [-0.15, -0.1) is 4.37 Å². The van der Waals surface area contributed by atoms with Crippen molar-refractivity contribution in [3.63, 3.8) is 0 Å².